The molecule has 0 aliphatic rings. The first-order chi connectivity index (χ1) is 19.3. The number of nitro benzene ring substituents is 1. The topological polar surface area (TPSA) is 129 Å². The van der Waals surface area contributed by atoms with Crippen molar-refractivity contribution in [1.29, 1.82) is 0 Å². The van der Waals surface area contributed by atoms with E-state index in [0.717, 1.165) is 6.42 Å². The number of rotatable bonds is 11. The number of esters is 1. The molecule has 10 nitrogen and oxygen atoms in total. The maximum atomic E-state index is 12.4. The largest absolute Gasteiger partial charge is 0.493 e. The van der Waals surface area contributed by atoms with Gasteiger partial charge in [0.25, 0.3) is 11.6 Å². The van der Waals surface area contributed by atoms with Gasteiger partial charge in [-0.1, -0.05) is 46.8 Å². The molecule has 0 aliphatic carbocycles. The molecule has 0 saturated heterocycles. The van der Waals surface area contributed by atoms with E-state index in [4.69, 9.17) is 14.2 Å². The summed E-state index contributed by atoms with van der Waals surface area (Å²) in [4.78, 5) is 34.9. The lowest BCUT2D eigenvalue weighted by Crippen LogP contribution is -2.25. The lowest BCUT2D eigenvalue weighted by molar-refractivity contribution is -0.384. The molecule has 3 aromatic rings. The van der Waals surface area contributed by atoms with Gasteiger partial charge in [-0.05, 0) is 70.8 Å². The van der Waals surface area contributed by atoms with Crippen LogP contribution in [0.5, 0.6) is 17.2 Å². The summed E-state index contributed by atoms with van der Waals surface area (Å²) in [5.74, 6) is -0.136. The zero-order valence-electron chi connectivity index (χ0n) is 24.1. The molecule has 1 amide bonds. The Kier molecular flexibility index (Phi) is 9.83. The molecule has 0 saturated carbocycles. The third kappa shape index (κ3) is 9.16. The van der Waals surface area contributed by atoms with Gasteiger partial charge >= 0.3 is 5.97 Å². The van der Waals surface area contributed by atoms with Gasteiger partial charge in [-0.2, -0.15) is 5.10 Å². The Morgan fingerprint density at radius 1 is 0.951 bits per heavy atom. The quantitative estimate of drug-likeness (QED) is 0.0989. The second kappa shape index (κ2) is 13.1. The number of methoxy groups -OCH3 is 1. The maximum absolute atomic E-state index is 12.4. The number of ether oxygens (including phenoxy) is 3. The van der Waals surface area contributed by atoms with E-state index in [-0.39, 0.29) is 40.2 Å². The minimum atomic E-state index is -0.699. The Labute approximate surface area is 239 Å². The van der Waals surface area contributed by atoms with Gasteiger partial charge in [0.15, 0.2) is 18.1 Å². The van der Waals surface area contributed by atoms with Crippen molar-refractivity contribution in [2.24, 2.45) is 10.5 Å². The van der Waals surface area contributed by atoms with E-state index < -0.39 is 16.8 Å². The zero-order valence-corrected chi connectivity index (χ0v) is 24.1. The summed E-state index contributed by atoms with van der Waals surface area (Å²) in [5, 5.41) is 14.7. The lowest BCUT2D eigenvalue weighted by Gasteiger charge is -2.33. The first kappa shape index (κ1) is 30.8. The molecular formula is C31H35N3O7. The van der Waals surface area contributed by atoms with Crippen LogP contribution in [0.3, 0.4) is 0 Å². The molecule has 0 bridgehead atoms. The van der Waals surface area contributed by atoms with Gasteiger partial charge in [-0.25, -0.2) is 10.2 Å². The van der Waals surface area contributed by atoms with Crippen LogP contribution in [0.25, 0.3) is 0 Å². The highest BCUT2D eigenvalue weighted by Crippen LogP contribution is 2.36. The van der Waals surface area contributed by atoms with Crippen molar-refractivity contribution in [2.75, 3.05) is 13.7 Å². The molecule has 0 fully saturated rings. The van der Waals surface area contributed by atoms with E-state index in [2.05, 4.69) is 45.1 Å². The Morgan fingerprint density at radius 3 is 2.20 bits per heavy atom. The summed E-state index contributed by atoms with van der Waals surface area (Å²) in [6.45, 7) is 10.9. The fraction of sp³-hybridized carbons (Fsp3) is 0.323. The number of benzene rings is 3. The summed E-state index contributed by atoms with van der Waals surface area (Å²) < 4.78 is 16.3. The van der Waals surface area contributed by atoms with Crippen molar-refractivity contribution in [1.82, 2.24) is 5.43 Å². The molecule has 0 aromatic heterocycles. The van der Waals surface area contributed by atoms with Crippen LogP contribution in [-0.4, -0.2) is 36.7 Å². The molecule has 3 rings (SSSR count). The van der Waals surface area contributed by atoms with Crippen LogP contribution >= 0.6 is 0 Å². The van der Waals surface area contributed by atoms with Crippen LogP contribution < -0.4 is 19.6 Å². The number of hydrogen-bond donors (Lipinski definition) is 1. The number of amides is 1. The Morgan fingerprint density at radius 2 is 1.61 bits per heavy atom. The molecule has 41 heavy (non-hydrogen) atoms. The third-order valence-corrected chi connectivity index (χ3v) is 6.09. The summed E-state index contributed by atoms with van der Waals surface area (Å²) in [5.41, 5.74) is 4.42. The Bertz CT molecular complexity index is 1410. The second-order valence-corrected chi connectivity index (χ2v) is 11.3. The van der Waals surface area contributed by atoms with Crippen molar-refractivity contribution in [2.45, 2.75) is 46.5 Å². The number of nitrogens with zero attached hydrogens (tertiary/aromatic N) is 2. The van der Waals surface area contributed by atoms with Crippen LogP contribution in [0.4, 0.5) is 5.69 Å². The van der Waals surface area contributed by atoms with Gasteiger partial charge in [0.05, 0.1) is 23.8 Å². The standard InChI is InChI=1S/C31H35N3O7/c1-30(2,3)20-31(4,5)23-10-14-25(15-11-23)40-19-28(35)33-32-18-21-7-16-26(27(17-21)39-6)41-29(36)22-8-12-24(13-9-22)34(37)38/h7-18H,19-20H2,1-6H3,(H,33,35)/b32-18+. The first-order valence-electron chi connectivity index (χ1n) is 13.0. The van der Waals surface area contributed by atoms with Crippen molar-refractivity contribution in [3.05, 3.63) is 93.5 Å². The van der Waals surface area contributed by atoms with E-state index in [0.29, 0.717) is 11.3 Å². The molecule has 0 radical (unpaired) electrons. The highest BCUT2D eigenvalue weighted by atomic mass is 16.6. The van der Waals surface area contributed by atoms with Crippen LogP contribution in [-0.2, 0) is 10.2 Å². The normalized spacial score (nSPS) is 11.7. The molecule has 0 unspecified atom stereocenters. The number of non-ortho nitro benzene ring substituents is 1. The molecule has 1 N–H and O–H groups in total. The van der Waals surface area contributed by atoms with E-state index in [9.17, 15) is 19.7 Å². The number of carbonyl (C=O) groups excluding carboxylic acids is 2. The molecule has 10 heteroatoms. The summed E-state index contributed by atoms with van der Waals surface area (Å²) >= 11 is 0. The molecule has 0 atom stereocenters. The van der Waals surface area contributed by atoms with E-state index in [1.807, 2.05) is 24.3 Å². The molecule has 0 aliphatic heterocycles. The average Bonchev–Trinajstić information content (AvgIpc) is 2.91. The number of carbonyl (C=O) groups is 2. The molecule has 0 heterocycles. The van der Waals surface area contributed by atoms with Gasteiger partial charge in [-0.15, -0.1) is 0 Å². The predicted molar refractivity (Wildman–Crippen MR) is 156 cm³/mol. The van der Waals surface area contributed by atoms with E-state index in [1.165, 1.54) is 49.2 Å². The van der Waals surface area contributed by atoms with Crippen LogP contribution in [0, 0.1) is 15.5 Å². The number of nitrogens with one attached hydrogen (secondary N) is 1. The van der Waals surface area contributed by atoms with Crippen molar-refractivity contribution in [3.63, 3.8) is 0 Å². The molecule has 3 aromatic carbocycles. The van der Waals surface area contributed by atoms with Gasteiger partial charge in [0.2, 0.25) is 0 Å². The van der Waals surface area contributed by atoms with Gasteiger partial charge in [-0.3, -0.25) is 14.9 Å². The molecule has 0 spiro atoms. The second-order valence-electron chi connectivity index (χ2n) is 11.3. The molecule has 216 valence electrons. The van der Waals surface area contributed by atoms with Crippen LogP contribution in [0.2, 0.25) is 0 Å². The Hall–Kier alpha value is -4.73. The highest BCUT2D eigenvalue weighted by Gasteiger charge is 2.27. The van der Waals surface area contributed by atoms with Crippen molar-refractivity contribution < 1.29 is 28.7 Å². The third-order valence-electron chi connectivity index (χ3n) is 6.09. The highest BCUT2D eigenvalue weighted by molar-refractivity contribution is 5.92. The van der Waals surface area contributed by atoms with Gasteiger partial charge in [0, 0.05) is 12.1 Å². The summed E-state index contributed by atoms with van der Waals surface area (Å²) in [6, 6.07) is 17.5. The fourth-order valence-electron chi connectivity index (χ4n) is 4.52. The minimum absolute atomic E-state index is 0.0125. The predicted octanol–water partition coefficient (Wildman–Crippen LogP) is 6.07. The summed E-state index contributed by atoms with van der Waals surface area (Å²) in [7, 11) is 1.41. The number of nitro groups is 1. The maximum Gasteiger partial charge on any atom is 0.343 e. The average molecular weight is 562 g/mol. The van der Waals surface area contributed by atoms with Crippen molar-refractivity contribution >= 4 is 23.8 Å². The van der Waals surface area contributed by atoms with Gasteiger partial charge in [0.1, 0.15) is 5.75 Å². The van der Waals surface area contributed by atoms with Crippen LogP contribution in [0.15, 0.2) is 71.8 Å². The minimum Gasteiger partial charge on any atom is -0.493 e. The first-order valence-corrected chi connectivity index (χ1v) is 13.0. The van der Waals surface area contributed by atoms with E-state index in [1.54, 1.807) is 12.1 Å². The zero-order chi connectivity index (χ0) is 30.2. The van der Waals surface area contributed by atoms with Gasteiger partial charge < -0.3 is 14.2 Å². The number of hydrazone groups is 1. The van der Waals surface area contributed by atoms with Crippen molar-refractivity contribution in [3.8, 4) is 17.2 Å². The van der Waals surface area contributed by atoms with Crippen LogP contribution in [0.1, 0.15) is 62.5 Å². The molecular weight excluding hydrogens is 526 g/mol. The smallest absolute Gasteiger partial charge is 0.343 e. The fourth-order valence-corrected chi connectivity index (χ4v) is 4.52. The van der Waals surface area contributed by atoms with E-state index >= 15 is 0 Å². The number of hydrogen-bond acceptors (Lipinski definition) is 8. The monoisotopic (exact) mass is 561 g/mol. The Balaban J connectivity index is 1.52. The SMILES string of the molecule is COc1cc(/C=N/NC(=O)COc2ccc(C(C)(C)CC(C)(C)C)cc2)ccc1OC(=O)c1ccc([N+](=O)[O-])cc1. The lowest BCUT2D eigenvalue weighted by atomic mass is 9.72. The summed E-state index contributed by atoms with van der Waals surface area (Å²) in [6.07, 6.45) is 2.44.